The van der Waals surface area contributed by atoms with Gasteiger partial charge in [0.25, 0.3) is 0 Å². The van der Waals surface area contributed by atoms with Crippen molar-refractivity contribution in [2.75, 3.05) is 12.3 Å². The lowest BCUT2D eigenvalue weighted by Gasteiger charge is -2.23. The number of rotatable bonds is 8. The quantitative estimate of drug-likeness (QED) is 0.703. The lowest BCUT2D eigenvalue weighted by atomic mass is 10.2. The normalized spacial score (nSPS) is 14.0. The van der Waals surface area contributed by atoms with E-state index in [2.05, 4.69) is 5.32 Å². The predicted octanol–water partition coefficient (Wildman–Crippen LogP) is 3.36. The van der Waals surface area contributed by atoms with Crippen LogP contribution in [0, 0.1) is 5.82 Å². The maximum absolute atomic E-state index is 13.9. The average molecular weight is 390 g/mol. The summed E-state index contributed by atoms with van der Waals surface area (Å²) in [5.41, 5.74) is 0.478. The van der Waals surface area contributed by atoms with E-state index in [1.165, 1.54) is 6.07 Å². The largest absolute Gasteiger partial charge is 0.338 e. The van der Waals surface area contributed by atoms with Crippen LogP contribution in [-0.4, -0.2) is 37.7 Å². The molecule has 1 saturated carbocycles. The van der Waals surface area contributed by atoms with Crippen molar-refractivity contribution in [3.8, 4) is 0 Å². The van der Waals surface area contributed by atoms with Crippen LogP contribution >= 0.6 is 0 Å². The Kier molecular flexibility index (Phi) is 6.11. The summed E-state index contributed by atoms with van der Waals surface area (Å²) in [5.74, 6) is -0.362. The fourth-order valence-corrected chi connectivity index (χ4v) is 4.20. The molecule has 0 heterocycles. The highest BCUT2D eigenvalue weighted by molar-refractivity contribution is 7.91. The number of sulfone groups is 1. The van der Waals surface area contributed by atoms with Gasteiger partial charge in [-0.1, -0.05) is 36.4 Å². The molecule has 0 spiro atoms. The number of hydrogen-bond acceptors (Lipinski definition) is 3. The highest BCUT2D eigenvalue weighted by atomic mass is 32.2. The zero-order chi connectivity index (χ0) is 19.3. The van der Waals surface area contributed by atoms with E-state index in [-0.39, 0.29) is 41.6 Å². The van der Waals surface area contributed by atoms with E-state index >= 15 is 0 Å². The monoisotopic (exact) mass is 390 g/mol. The Morgan fingerprint density at radius 1 is 1.07 bits per heavy atom. The molecule has 0 radical (unpaired) electrons. The van der Waals surface area contributed by atoms with Crippen molar-refractivity contribution in [2.24, 2.45) is 0 Å². The minimum absolute atomic E-state index is 0.0337. The van der Waals surface area contributed by atoms with Crippen LogP contribution in [0.4, 0.5) is 9.18 Å². The number of halogens is 1. The minimum Gasteiger partial charge on any atom is -0.338 e. The van der Waals surface area contributed by atoms with Crippen molar-refractivity contribution < 1.29 is 17.6 Å². The number of amides is 2. The van der Waals surface area contributed by atoms with Gasteiger partial charge >= 0.3 is 6.03 Å². The molecule has 0 aromatic heterocycles. The first-order valence-corrected chi connectivity index (χ1v) is 10.7. The standard InChI is InChI=1S/C20H23FN2O3S/c21-19-10-5-4-7-16(19)15-23(17-11-12-17)20(24)22-13-6-14-27(25,26)18-8-2-1-3-9-18/h1-5,7-10,17H,6,11-15H2,(H,22,24). The molecule has 0 aliphatic heterocycles. The molecule has 7 heteroatoms. The van der Waals surface area contributed by atoms with E-state index < -0.39 is 9.84 Å². The molecule has 0 saturated heterocycles. The summed E-state index contributed by atoms with van der Waals surface area (Å²) in [6.45, 7) is 0.469. The van der Waals surface area contributed by atoms with Gasteiger partial charge in [-0.05, 0) is 37.5 Å². The summed E-state index contributed by atoms with van der Waals surface area (Å²) in [7, 11) is -3.35. The van der Waals surface area contributed by atoms with Crippen molar-refractivity contribution in [1.29, 1.82) is 0 Å². The Hall–Kier alpha value is -2.41. The molecular weight excluding hydrogens is 367 g/mol. The molecule has 144 valence electrons. The van der Waals surface area contributed by atoms with Gasteiger partial charge in [0.1, 0.15) is 5.82 Å². The third-order valence-electron chi connectivity index (χ3n) is 4.52. The molecule has 2 aromatic rings. The molecule has 2 aromatic carbocycles. The van der Waals surface area contributed by atoms with Gasteiger partial charge in [-0.25, -0.2) is 17.6 Å². The second-order valence-corrected chi connectivity index (χ2v) is 8.78. The zero-order valence-corrected chi connectivity index (χ0v) is 15.8. The molecule has 2 amide bonds. The summed E-state index contributed by atoms with van der Waals surface area (Å²) in [6, 6.07) is 14.5. The van der Waals surface area contributed by atoms with Gasteiger partial charge in [0, 0.05) is 18.2 Å². The van der Waals surface area contributed by atoms with E-state index in [1.807, 2.05) is 0 Å². The van der Waals surface area contributed by atoms with Gasteiger partial charge in [0.2, 0.25) is 0 Å². The summed E-state index contributed by atoms with van der Waals surface area (Å²) in [5, 5.41) is 2.77. The number of carbonyl (C=O) groups excluding carboxylic acids is 1. The molecule has 0 bridgehead atoms. The van der Waals surface area contributed by atoms with Crippen LogP contribution in [0.15, 0.2) is 59.5 Å². The maximum atomic E-state index is 13.9. The van der Waals surface area contributed by atoms with Gasteiger partial charge in [0.15, 0.2) is 9.84 Å². The smallest absolute Gasteiger partial charge is 0.317 e. The summed E-state index contributed by atoms with van der Waals surface area (Å²) >= 11 is 0. The lowest BCUT2D eigenvalue weighted by Crippen LogP contribution is -2.41. The lowest BCUT2D eigenvalue weighted by molar-refractivity contribution is 0.191. The van der Waals surface area contributed by atoms with E-state index in [0.29, 0.717) is 12.0 Å². The van der Waals surface area contributed by atoms with Gasteiger partial charge in [-0.2, -0.15) is 0 Å². The van der Waals surface area contributed by atoms with Crippen LogP contribution in [0.3, 0.4) is 0 Å². The first-order chi connectivity index (χ1) is 13.0. The topological polar surface area (TPSA) is 66.5 Å². The third-order valence-corrected chi connectivity index (χ3v) is 6.33. The Balaban J connectivity index is 1.51. The number of nitrogens with zero attached hydrogens (tertiary/aromatic N) is 1. The number of urea groups is 1. The Morgan fingerprint density at radius 2 is 1.74 bits per heavy atom. The highest BCUT2D eigenvalue weighted by Gasteiger charge is 2.32. The van der Waals surface area contributed by atoms with Crippen molar-refractivity contribution >= 4 is 15.9 Å². The fraction of sp³-hybridized carbons (Fsp3) is 0.350. The minimum atomic E-state index is -3.35. The van der Waals surface area contributed by atoms with Crippen LogP contribution in [0.2, 0.25) is 0 Å². The van der Waals surface area contributed by atoms with Crippen LogP contribution in [-0.2, 0) is 16.4 Å². The van der Waals surface area contributed by atoms with Crippen molar-refractivity contribution in [2.45, 2.75) is 36.7 Å². The molecule has 0 atom stereocenters. The number of nitrogens with one attached hydrogen (secondary N) is 1. The Morgan fingerprint density at radius 3 is 2.41 bits per heavy atom. The van der Waals surface area contributed by atoms with Gasteiger partial charge < -0.3 is 10.2 Å². The van der Waals surface area contributed by atoms with Gasteiger partial charge in [-0.3, -0.25) is 0 Å². The van der Waals surface area contributed by atoms with Crippen LogP contribution in [0.25, 0.3) is 0 Å². The maximum Gasteiger partial charge on any atom is 0.317 e. The Bertz CT molecular complexity index is 883. The van der Waals surface area contributed by atoms with Crippen molar-refractivity contribution in [3.63, 3.8) is 0 Å². The van der Waals surface area contributed by atoms with E-state index in [4.69, 9.17) is 0 Å². The van der Waals surface area contributed by atoms with E-state index in [1.54, 1.807) is 53.4 Å². The van der Waals surface area contributed by atoms with Gasteiger partial charge in [-0.15, -0.1) is 0 Å². The summed E-state index contributed by atoms with van der Waals surface area (Å²) < 4.78 is 38.4. The number of benzene rings is 2. The third kappa shape index (κ3) is 5.29. The van der Waals surface area contributed by atoms with Crippen LogP contribution in [0.1, 0.15) is 24.8 Å². The summed E-state index contributed by atoms with van der Waals surface area (Å²) in [6.07, 6.45) is 2.13. The molecular formula is C20H23FN2O3S. The molecule has 3 rings (SSSR count). The van der Waals surface area contributed by atoms with Crippen molar-refractivity contribution in [1.82, 2.24) is 10.2 Å². The molecule has 27 heavy (non-hydrogen) atoms. The second-order valence-electron chi connectivity index (χ2n) is 6.67. The average Bonchev–Trinajstić information content (AvgIpc) is 3.50. The van der Waals surface area contributed by atoms with Crippen LogP contribution < -0.4 is 5.32 Å². The molecule has 0 unspecified atom stereocenters. The Labute approximate surface area is 159 Å². The fourth-order valence-electron chi connectivity index (χ4n) is 2.87. The second kappa shape index (κ2) is 8.52. The SMILES string of the molecule is O=C(NCCCS(=O)(=O)c1ccccc1)N(Cc1ccccc1F)C1CC1. The van der Waals surface area contributed by atoms with Crippen molar-refractivity contribution in [3.05, 3.63) is 66.0 Å². The number of carbonyl (C=O) groups is 1. The van der Waals surface area contributed by atoms with E-state index in [9.17, 15) is 17.6 Å². The first kappa shape index (κ1) is 19.4. The first-order valence-electron chi connectivity index (χ1n) is 9.03. The zero-order valence-electron chi connectivity index (χ0n) is 15.0. The molecule has 1 aliphatic carbocycles. The highest BCUT2D eigenvalue weighted by Crippen LogP contribution is 2.28. The van der Waals surface area contributed by atoms with Crippen LogP contribution in [0.5, 0.6) is 0 Å². The summed E-state index contributed by atoms with van der Waals surface area (Å²) in [4.78, 5) is 14.4. The van der Waals surface area contributed by atoms with Gasteiger partial charge in [0.05, 0.1) is 17.2 Å². The molecule has 1 fully saturated rings. The molecule has 1 N–H and O–H groups in total. The molecule has 1 aliphatic rings. The predicted molar refractivity (Wildman–Crippen MR) is 101 cm³/mol. The van der Waals surface area contributed by atoms with E-state index in [0.717, 1.165) is 12.8 Å². The number of hydrogen-bond donors (Lipinski definition) is 1. The molecule has 5 nitrogen and oxygen atoms in total.